The van der Waals surface area contributed by atoms with E-state index in [4.69, 9.17) is 4.74 Å². The van der Waals surface area contributed by atoms with E-state index in [1.807, 2.05) is 6.07 Å². The molecular weight excluding hydrogens is 334 g/mol. The van der Waals surface area contributed by atoms with Crippen molar-refractivity contribution in [3.8, 4) is 17.0 Å². The average Bonchev–Trinajstić information content (AvgIpc) is 2.68. The van der Waals surface area contributed by atoms with Crippen LogP contribution in [0.15, 0.2) is 61.1 Å². The predicted molar refractivity (Wildman–Crippen MR) is 95.4 cm³/mol. The maximum absolute atomic E-state index is 12.6. The third kappa shape index (κ3) is 3.51. The van der Waals surface area contributed by atoms with Crippen LogP contribution in [-0.4, -0.2) is 34.1 Å². The van der Waals surface area contributed by atoms with E-state index in [-0.39, 0.29) is 11.3 Å². The zero-order valence-electron chi connectivity index (χ0n) is 13.8. The first-order valence-corrected chi connectivity index (χ1v) is 7.68. The van der Waals surface area contributed by atoms with Crippen LogP contribution in [0.1, 0.15) is 20.7 Å². The number of carbonyl (C=O) groups is 2. The number of nitrogens with zero attached hydrogens (tertiary/aromatic N) is 2. The molecular formula is C19H15N3O4. The standard InChI is InChI=1S/C19H15N3O4/c1-26-18-15(10-20-11-21-18)12-5-4-6-13(9-12)17(23)22-16-8-3-2-7-14(16)19(24)25/h2-11H,1H3,(H,22,23)(H,24,25). The molecule has 3 rings (SSSR count). The molecule has 0 saturated carbocycles. The van der Waals surface area contributed by atoms with Gasteiger partial charge in [0.05, 0.1) is 23.9 Å². The van der Waals surface area contributed by atoms with Gasteiger partial charge in [-0.2, -0.15) is 0 Å². The molecule has 0 fully saturated rings. The van der Waals surface area contributed by atoms with E-state index in [2.05, 4.69) is 15.3 Å². The maximum Gasteiger partial charge on any atom is 0.337 e. The molecule has 0 aliphatic heterocycles. The molecule has 0 atom stereocenters. The fourth-order valence-electron chi connectivity index (χ4n) is 2.48. The second kappa shape index (κ2) is 7.43. The average molecular weight is 349 g/mol. The van der Waals surface area contributed by atoms with Crippen LogP contribution in [0.2, 0.25) is 0 Å². The molecule has 1 heterocycles. The lowest BCUT2D eigenvalue weighted by Crippen LogP contribution is -2.14. The van der Waals surface area contributed by atoms with Gasteiger partial charge in [0.2, 0.25) is 5.88 Å². The number of amides is 1. The Kier molecular flexibility index (Phi) is 4.89. The van der Waals surface area contributed by atoms with Crippen molar-refractivity contribution < 1.29 is 19.4 Å². The zero-order chi connectivity index (χ0) is 18.5. The number of carboxylic acids is 1. The van der Waals surface area contributed by atoms with Crippen molar-refractivity contribution in [2.24, 2.45) is 0 Å². The number of aromatic carboxylic acids is 1. The summed E-state index contributed by atoms with van der Waals surface area (Å²) < 4.78 is 5.22. The number of benzene rings is 2. The van der Waals surface area contributed by atoms with Gasteiger partial charge in [-0.1, -0.05) is 24.3 Å². The van der Waals surface area contributed by atoms with Gasteiger partial charge in [-0.05, 0) is 29.8 Å². The van der Waals surface area contributed by atoms with Crippen molar-refractivity contribution in [1.29, 1.82) is 0 Å². The lowest BCUT2D eigenvalue weighted by molar-refractivity contribution is 0.0698. The van der Waals surface area contributed by atoms with E-state index in [0.29, 0.717) is 22.6 Å². The van der Waals surface area contributed by atoms with E-state index < -0.39 is 11.9 Å². The van der Waals surface area contributed by atoms with E-state index in [1.54, 1.807) is 42.6 Å². The van der Waals surface area contributed by atoms with Crippen molar-refractivity contribution in [1.82, 2.24) is 9.97 Å². The van der Waals surface area contributed by atoms with Gasteiger partial charge >= 0.3 is 5.97 Å². The number of carbonyl (C=O) groups excluding carboxylic acids is 1. The summed E-state index contributed by atoms with van der Waals surface area (Å²) in [5, 5.41) is 11.9. The number of hydrogen-bond donors (Lipinski definition) is 2. The second-order valence-electron chi connectivity index (χ2n) is 5.33. The van der Waals surface area contributed by atoms with Crippen LogP contribution in [0.25, 0.3) is 11.1 Å². The number of rotatable bonds is 5. The summed E-state index contributed by atoms with van der Waals surface area (Å²) in [5.74, 6) is -1.13. The molecule has 2 aromatic carbocycles. The fraction of sp³-hybridized carbons (Fsp3) is 0.0526. The van der Waals surface area contributed by atoms with Gasteiger partial charge in [0, 0.05) is 11.8 Å². The SMILES string of the molecule is COc1ncncc1-c1cccc(C(=O)Nc2ccccc2C(=O)O)c1. The lowest BCUT2D eigenvalue weighted by Gasteiger charge is -2.10. The molecule has 0 radical (unpaired) electrons. The topological polar surface area (TPSA) is 101 Å². The molecule has 130 valence electrons. The van der Waals surface area contributed by atoms with Crippen LogP contribution in [-0.2, 0) is 0 Å². The smallest absolute Gasteiger partial charge is 0.337 e. The van der Waals surface area contributed by atoms with E-state index >= 15 is 0 Å². The number of anilines is 1. The molecule has 0 saturated heterocycles. The van der Waals surface area contributed by atoms with Gasteiger partial charge < -0.3 is 15.2 Å². The summed E-state index contributed by atoms with van der Waals surface area (Å²) in [6.45, 7) is 0. The molecule has 1 amide bonds. The number of methoxy groups -OCH3 is 1. The third-order valence-corrected chi connectivity index (χ3v) is 3.71. The number of carboxylic acid groups (broad SMARTS) is 1. The Balaban J connectivity index is 1.91. The minimum Gasteiger partial charge on any atom is -0.480 e. The summed E-state index contributed by atoms with van der Waals surface area (Å²) in [5.41, 5.74) is 1.98. The highest BCUT2D eigenvalue weighted by Crippen LogP contribution is 2.27. The first-order chi connectivity index (χ1) is 12.6. The number of para-hydroxylation sites is 1. The Bertz CT molecular complexity index is 972. The van der Waals surface area contributed by atoms with Crippen molar-refractivity contribution in [2.45, 2.75) is 0 Å². The molecule has 7 nitrogen and oxygen atoms in total. The monoisotopic (exact) mass is 349 g/mol. The van der Waals surface area contributed by atoms with Gasteiger partial charge in [-0.3, -0.25) is 4.79 Å². The van der Waals surface area contributed by atoms with E-state index in [1.165, 1.54) is 19.5 Å². The first kappa shape index (κ1) is 17.1. The minimum absolute atomic E-state index is 0.0233. The normalized spacial score (nSPS) is 10.2. The second-order valence-corrected chi connectivity index (χ2v) is 5.33. The Morgan fingerprint density at radius 1 is 1.12 bits per heavy atom. The summed E-state index contributed by atoms with van der Waals surface area (Å²) in [7, 11) is 1.51. The first-order valence-electron chi connectivity index (χ1n) is 7.68. The van der Waals surface area contributed by atoms with Crippen molar-refractivity contribution in [2.75, 3.05) is 12.4 Å². The Morgan fingerprint density at radius 3 is 2.69 bits per heavy atom. The zero-order valence-corrected chi connectivity index (χ0v) is 13.8. The van der Waals surface area contributed by atoms with Crippen LogP contribution in [0.5, 0.6) is 5.88 Å². The highest BCUT2D eigenvalue weighted by atomic mass is 16.5. The highest BCUT2D eigenvalue weighted by Gasteiger charge is 2.14. The largest absolute Gasteiger partial charge is 0.480 e. The van der Waals surface area contributed by atoms with Gasteiger partial charge in [0.1, 0.15) is 6.33 Å². The summed E-state index contributed by atoms with van der Waals surface area (Å²) in [6, 6.07) is 13.1. The van der Waals surface area contributed by atoms with Gasteiger partial charge in [0.25, 0.3) is 5.91 Å². The Hall–Kier alpha value is -3.74. The predicted octanol–water partition coefficient (Wildman–Crippen LogP) is 3.10. The molecule has 0 aliphatic rings. The molecule has 0 bridgehead atoms. The van der Waals surface area contributed by atoms with Gasteiger partial charge in [-0.15, -0.1) is 0 Å². The molecule has 3 aromatic rings. The number of hydrogen-bond acceptors (Lipinski definition) is 5. The molecule has 0 spiro atoms. The van der Waals surface area contributed by atoms with Crippen LogP contribution in [0.3, 0.4) is 0 Å². The highest BCUT2D eigenvalue weighted by molar-refractivity contribution is 6.08. The van der Waals surface area contributed by atoms with Crippen molar-refractivity contribution in [3.05, 3.63) is 72.2 Å². The molecule has 0 unspecified atom stereocenters. The van der Waals surface area contributed by atoms with Crippen molar-refractivity contribution in [3.63, 3.8) is 0 Å². The van der Waals surface area contributed by atoms with Gasteiger partial charge in [0.15, 0.2) is 0 Å². The van der Waals surface area contributed by atoms with Crippen LogP contribution >= 0.6 is 0 Å². The summed E-state index contributed by atoms with van der Waals surface area (Å²) in [6.07, 6.45) is 2.98. The maximum atomic E-state index is 12.6. The van der Waals surface area contributed by atoms with Crippen LogP contribution < -0.4 is 10.1 Å². The molecule has 26 heavy (non-hydrogen) atoms. The minimum atomic E-state index is -1.11. The fourth-order valence-corrected chi connectivity index (χ4v) is 2.48. The molecule has 2 N–H and O–H groups in total. The van der Waals surface area contributed by atoms with Crippen LogP contribution in [0, 0.1) is 0 Å². The van der Waals surface area contributed by atoms with Crippen molar-refractivity contribution >= 4 is 17.6 Å². The molecule has 7 heteroatoms. The lowest BCUT2D eigenvalue weighted by atomic mass is 10.0. The number of ether oxygens (including phenoxy) is 1. The van der Waals surface area contributed by atoms with Crippen LogP contribution in [0.4, 0.5) is 5.69 Å². The number of nitrogens with one attached hydrogen (secondary N) is 1. The summed E-state index contributed by atoms with van der Waals surface area (Å²) in [4.78, 5) is 31.9. The molecule has 1 aromatic heterocycles. The Morgan fingerprint density at radius 2 is 1.92 bits per heavy atom. The van der Waals surface area contributed by atoms with Gasteiger partial charge in [-0.25, -0.2) is 14.8 Å². The quantitative estimate of drug-likeness (QED) is 0.734. The Labute approximate surface area is 149 Å². The molecule has 0 aliphatic carbocycles. The summed E-state index contributed by atoms with van der Waals surface area (Å²) >= 11 is 0. The third-order valence-electron chi connectivity index (χ3n) is 3.71. The van der Waals surface area contributed by atoms with E-state index in [0.717, 1.165) is 0 Å². The van der Waals surface area contributed by atoms with E-state index in [9.17, 15) is 14.7 Å². The number of aromatic nitrogens is 2.